The van der Waals surface area contributed by atoms with Crippen LogP contribution in [0.1, 0.15) is 5.56 Å². The first-order valence-corrected chi connectivity index (χ1v) is 6.88. The minimum atomic E-state index is -1.62. The van der Waals surface area contributed by atoms with Crippen LogP contribution in [-0.2, 0) is 6.61 Å². The topological polar surface area (TPSA) is 58.9 Å². The molecule has 0 heterocycles. The molecule has 2 N–H and O–H groups in total. The van der Waals surface area contributed by atoms with Gasteiger partial charge in [0.05, 0.1) is 12.1 Å². The fourth-order valence-corrected chi connectivity index (χ4v) is 2.18. The van der Waals surface area contributed by atoms with Gasteiger partial charge in [-0.15, -0.1) is 0 Å². The summed E-state index contributed by atoms with van der Waals surface area (Å²) >= 11 is 11.9. The zero-order chi connectivity index (χ0) is 15.4. The van der Waals surface area contributed by atoms with Crippen LogP contribution in [0.15, 0.2) is 36.4 Å². The number of halogens is 2. The lowest BCUT2D eigenvalue weighted by molar-refractivity contribution is 0.306. The van der Waals surface area contributed by atoms with Gasteiger partial charge in [0, 0.05) is 5.46 Å². The van der Waals surface area contributed by atoms with E-state index in [1.807, 2.05) is 0 Å². The van der Waals surface area contributed by atoms with E-state index in [-0.39, 0.29) is 12.1 Å². The molecule has 4 nitrogen and oxygen atoms in total. The molecule has 0 amide bonds. The molecule has 2 aromatic carbocycles. The van der Waals surface area contributed by atoms with E-state index in [4.69, 9.17) is 32.7 Å². The molecule has 2 rings (SSSR count). The molecule has 0 unspecified atom stereocenters. The van der Waals surface area contributed by atoms with E-state index in [1.165, 1.54) is 7.11 Å². The lowest BCUT2D eigenvalue weighted by Crippen LogP contribution is -2.31. The number of benzene rings is 2. The number of rotatable bonds is 5. The summed E-state index contributed by atoms with van der Waals surface area (Å²) in [7, 11) is -0.155. The molecule has 0 aliphatic rings. The van der Waals surface area contributed by atoms with Crippen LogP contribution in [0.3, 0.4) is 0 Å². The first-order chi connectivity index (χ1) is 10.0. The highest BCUT2D eigenvalue weighted by Gasteiger charge is 2.17. The summed E-state index contributed by atoms with van der Waals surface area (Å²) < 4.78 is 10.7. The van der Waals surface area contributed by atoms with Gasteiger partial charge in [0.1, 0.15) is 23.1 Å². The maximum atomic E-state index is 9.32. The highest BCUT2D eigenvalue weighted by molar-refractivity contribution is 6.59. The molecule has 0 saturated carbocycles. The van der Waals surface area contributed by atoms with E-state index < -0.39 is 7.12 Å². The predicted molar refractivity (Wildman–Crippen MR) is 83.6 cm³/mol. The van der Waals surface area contributed by atoms with Crippen LogP contribution in [0.5, 0.6) is 11.5 Å². The Morgan fingerprint density at radius 2 is 1.86 bits per heavy atom. The Hall–Kier alpha value is -1.40. The van der Waals surface area contributed by atoms with Gasteiger partial charge in [-0.25, -0.2) is 0 Å². The summed E-state index contributed by atoms with van der Waals surface area (Å²) in [6.07, 6.45) is 0. The Labute approximate surface area is 133 Å². The minimum absolute atomic E-state index is 0.212. The molecule has 0 fully saturated rings. The van der Waals surface area contributed by atoms with Crippen molar-refractivity contribution in [3.63, 3.8) is 0 Å². The van der Waals surface area contributed by atoms with Crippen molar-refractivity contribution in [3.05, 3.63) is 52.0 Å². The smallest absolute Gasteiger partial charge is 0.492 e. The highest BCUT2D eigenvalue weighted by atomic mass is 35.5. The first-order valence-electron chi connectivity index (χ1n) is 6.12. The second-order valence-corrected chi connectivity index (χ2v) is 5.08. The minimum Gasteiger partial charge on any atom is -0.497 e. The van der Waals surface area contributed by atoms with Gasteiger partial charge in [-0.1, -0.05) is 41.4 Å². The molecule has 7 heteroatoms. The Balaban J connectivity index is 2.17. The van der Waals surface area contributed by atoms with Crippen molar-refractivity contribution in [2.75, 3.05) is 7.11 Å². The standard InChI is InChI=1S/C14H13BCl2O4/c1-20-12-6-5-9(7-10(12)15(18)19)8-21-13-4-2-3-11(16)14(13)17/h2-7,18-19H,8H2,1H3. The van der Waals surface area contributed by atoms with E-state index in [1.54, 1.807) is 36.4 Å². The third-order valence-corrected chi connectivity index (χ3v) is 3.68. The summed E-state index contributed by atoms with van der Waals surface area (Å²) in [4.78, 5) is 0. The largest absolute Gasteiger partial charge is 0.497 e. The molecule has 0 aliphatic carbocycles. The fourth-order valence-electron chi connectivity index (χ4n) is 1.83. The van der Waals surface area contributed by atoms with Crippen LogP contribution < -0.4 is 14.9 Å². The Kier molecular flexibility index (Phi) is 5.36. The molecule has 0 aromatic heterocycles. The number of hydrogen-bond acceptors (Lipinski definition) is 4. The van der Waals surface area contributed by atoms with E-state index >= 15 is 0 Å². The molecule has 0 radical (unpaired) electrons. The quantitative estimate of drug-likeness (QED) is 0.827. The molecule has 110 valence electrons. The normalized spacial score (nSPS) is 10.3. The summed E-state index contributed by atoms with van der Waals surface area (Å²) in [6, 6.07) is 10.1. The number of methoxy groups -OCH3 is 1. The van der Waals surface area contributed by atoms with Gasteiger partial charge in [-0.3, -0.25) is 0 Å². The van der Waals surface area contributed by atoms with Crippen LogP contribution in [0.2, 0.25) is 10.0 Å². The average molecular weight is 327 g/mol. The highest BCUT2D eigenvalue weighted by Crippen LogP contribution is 2.31. The Morgan fingerprint density at radius 1 is 1.10 bits per heavy atom. The monoisotopic (exact) mass is 326 g/mol. The van der Waals surface area contributed by atoms with Crippen molar-refractivity contribution in [2.24, 2.45) is 0 Å². The van der Waals surface area contributed by atoms with Crippen LogP contribution in [0.25, 0.3) is 0 Å². The molecule has 0 aliphatic heterocycles. The third-order valence-electron chi connectivity index (χ3n) is 2.88. The van der Waals surface area contributed by atoms with Gasteiger partial charge in [-0.05, 0) is 23.8 Å². The van der Waals surface area contributed by atoms with Crippen molar-refractivity contribution in [2.45, 2.75) is 6.61 Å². The summed E-state index contributed by atoms with van der Waals surface area (Å²) in [5, 5.41) is 19.4. The number of ether oxygens (including phenoxy) is 2. The zero-order valence-electron chi connectivity index (χ0n) is 11.2. The van der Waals surface area contributed by atoms with Gasteiger partial charge in [0.15, 0.2) is 0 Å². The van der Waals surface area contributed by atoms with Crippen LogP contribution in [0.4, 0.5) is 0 Å². The summed E-state index contributed by atoms with van der Waals surface area (Å²) in [5.41, 5.74) is 1.02. The van der Waals surface area contributed by atoms with Gasteiger partial charge in [-0.2, -0.15) is 0 Å². The Bertz CT molecular complexity index is 634. The van der Waals surface area contributed by atoms with Crippen molar-refractivity contribution >= 4 is 35.8 Å². The van der Waals surface area contributed by atoms with E-state index in [0.717, 1.165) is 5.56 Å². The second-order valence-electron chi connectivity index (χ2n) is 4.29. The summed E-state index contributed by atoms with van der Waals surface area (Å²) in [6.45, 7) is 0.212. The fraction of sp³-hybridized carbons (Fsp3) is 0.143. The average Bonchev–Trinajstić information content (AvgIpc) is 2.48. The molecule has 0 spiro atoms. The first kappa shape index (κ1) is 16.0. The lowest BCUT2D eigenvalue weighted by Gasteiger charge is -2.12. The molecular weight excluding hydrogens is 314 g/mol. The van der Waals surface area contributed by atoms with Crippen LogP contribution >= 0.6 is 23.2 Å². The third kappa shape index (κ3) is 3.83. The lowest BCUT2D eigenvalue weighted by atomic mass is 9.79. The van der Waals surface area contributed by atoms with Gasteiger partial charge in [0.2, 0.25) is 0 Å². The number of hydrogen-bond donors (Lipinski definition) is 2. The van der Waals surface area contributed by atoms with Crippen molar-refractivity contribution in [3.8, 4) is 11.5 Å². The van der Waals surface area contributed by atoms with E-state index in [2.05, 4.69) is 0 Å². The maximum Gasteiger partial charge on any atom is 0.492 e. The SMILES string of the molecule is COc1ccc(COc2cccc(Cl)c2Cl)cc1B(O)O. The van der Waals surface area contributed by atoms with Crippen LogP contribution in [0, 0.1) is 0 Å². The summed E-state index contributed by atoms with van der Waals surface area (Å²) in [5.74, 6) is 0.862. The molecular formula is C14H13BCl2O4. The Morgan fingerprint density at radius 3 is 2.52 bits per heavy atom. The molecule has 2 aromatic rings. The van der Waals surface area contributed by atoms with Gasteiger partial charge in [0.25, 0.3) is 0 Å². The van der Waals surface area contributed by atoms with Gasteiger partial charge < -0.3 is 19.5 Å². The molecule has 0 atom stereocenters. The van der Waals surface area contributed by atoms with E-state index in [0.29, 0.717) is 21.5 Å². The molecule has 0 bridgehead atoms. The molecule has 21 heavy (non-hydrogen) atoms. The maximum absolute atomic E-state index is 9.32. The second kappa shape index (κ2) is 7.05. The van der Waals surface area contributed by atoms with Crippen molar-refractivity contribution < 1.29 is 19.5 Å². The van der Waals surface area contributed by atoms with Crippen molar-refractivity contribution in [1.29, 1.82) is 0 Å². The van der Waals surface area contributed by atoms with E-state index in [9.17, 15) is 10.0 Å². The van der Waals surface area contributed by atoms with Crippen LogP contribution in [-0.4, -0.2) is 24.3 Å². The van der Waals surface area contributed by atoms with Crippen molar-refractivity contribution in [1.82, 2.24) is 0 Å². The zero-order valence-corrected chi connectivity index (χ0v) is 12.7. The predicted octanol–water partition coefficient (Wildman–Crippen LogP) is 2.26. The van der Waals surface area contributed by atoms with Gasteiger partial charge >= 0.3 is 7.12 Å². The molecule has 0 saturated heterocycles.